The van der Waals surface area contributed by atoms with Crippen LogP contribution in [0.3, 0.4) is 0 Å². The van der Waals surface area contributed by atoms with Crippen molar-refractivity contribution in [2.45, 2.75) is 52.4 Å². The molecule has 0 radical (unpaired) electrons. The monoisotopic (exact) mass is 405 g/mol. The molecule has 0 N–H and O–H groups in total. The fourth-order valence-electron chi connectivity index (χ4n) is 2.60. The molecule has 0 aromatic rings. The van der Waals surface area contributed by atoms with Crippen molar-refractivity contribution < 1.29 is 4.74 Å². The van der Waals surface area contributed by atoms with E-state index < -0.39 is 0 Å². The zero-order valence-electron chi connectivity index (χ0n) is 13.9. The maximum absolute atomic E-state index is 5.39. The number of nitrogens with zero attached hydrogens (tertiary/aromatic N) is 1. The van der Waals surface area contributed by atoms with Gasteiger partial charge in [-0.3, -0.25) is 4.90 Å². The molecule has 0 bridgehead atoms. The van der Waals surface area contributed by atoms with Crippen molar-refractivity contribution in [3.63, 3.8) is 0 Å². The van der Waals surface area contributed by atoms with Crippen molar-refractivity contribution in [1.82, 2.24) is 4.90 Å². The maximum Gasteiger partial charge on any atom is 0.0594 e. The van der Waals surface area contributed by atoms with E-state index in [1.807, 2.05) is 0 Å². The topological polar surface area (TPSA) is 12.5 Å². The fourth-order valence-corrected chi connectivity index (χ4v) is 3.30. The van der Waals surface area contributed by atoms with Gasteiger partial charge < -0.3 is 4.74 Å². The number of rotatable bonds is 10. The van der Waals surface area contributed by atoms with E-state index in [-0.39, 0.29) is 0 Å². The Bertz CT molecular complexity index is 319. The highest BCUT2D eigenvalue weighted by Crippen LogP contribution is 2.14. The van der Waals surface area contributed by atoms with Crippen LogP contribution >= 0.6 is 22.6 Å². The summed E-state index contributed by atoms with van der Waals surface area (Å²) in [5.74, 6) is 0. The second kappa shape index (κ2) is 12.7. The van der Waals surface area contributed by atoms with Gasteiger partial charge in [-0.15, -0.1) is 0 Å². The molecule has 1 aliphatic heterocycles. The minimum absolute atomic E-state index is 0.896. The summed E-state index contributed by atoms with van der Waals surface area (Å²) in [4.78, 5) is 2.50. The molecule has 0 atom stereocenters. The van der Waals surface area contributed by atoms with Crippen LogP contribution in [0.5, 0.6) is 0 Å². The highest BCUT2D eigenvalue weighted by Gasteiger charge is 2.09. The van der Waals surface area contributed by atoms with Crippen molar-refractivity contribution in [2.75, 3.05) is 37.3 Å². The summed E-state index contributed by atoms with van der Waals surface area (Å²) >= 11 is 2.50. The number of morpholine rings is 1. The molecule has 1 saturated heterocycles. The number of alkyl halides is 1. The number of ether oxygens (including phenoxy) is 1. The summed E-state index contributed by atoms with van der Waals surface area (Å²) in [7, 11) is 0. The first-order valence-corrected chi connectivity index (χ1v) is 9.98. The molecule has 1 heterocycles. The van der Waals surface area contributed by atoms with Crippen molar-refractivity contribution in [3.05, 3.63) is 23.3 Å². The first kappa shape index (κ1) is 19.2. The normalized spacial score (nSPS) is 18.2. The third-order valence-electron chi connectivity index (χ3n) is 3.95. The van der Waals surface area contributed by atoms with Gasteiger partial charge in [0, 0.05) is 24.1 Å². The zero-order chi connectivity index (χ0) is 15.3. The number of unbranched alkanes of at least 4 members (excludes halogenated alkanes) is 3. The Labute approximate surface area is 145 Å². The molecule has 2 nitrogen and oxygen atoms in total. The average molecular weight is 405 g/mol. The van der Waals surface area contributed by atoms with E-state index in [2.05, 4.69) is 53.5 Å². The van der Waals surface area contributed by atoms with Crippen molar-refractivity contribution in [3.8, 4) is 0 Å². The Morgan fingerprint density at radius 1 is 1.14 bits per heavy atom. The summed E-state index contributed by atoms with van der Waals surface area (Å²) in [6, 6.07) is 0. The molecule has 21 heavy (non-hydrogen) atoms. The van der Waals surface area contributed by atoms with Gasteiger partial charge in [-0.2, -0.15) is 0 Å². The van der Waals surface area contributed by atoms with Crippen LogP contribution in [-0.2, 0) is 4.74 Å². The van der Waals surface area contributed by atoms with Gasteiger partial charge in [-0.25, -0.2) is 0 Å². The summed E-state index contributed by atoms with van der Waals surface area (Å²) in [6.45, 7) is 9.61. The number of hydrogen-bond donors (Lipinski definition) is 0. The van der Waals surface area contributed by atoms with Crippen LogP contribution in [0.25, 0.3) is 0 Å². The van der Waals surface area contributed by atoms with Gasteiger partial charge in [0.2, 0.25) is 0 Å². The molecule has 3 heteroatoms. The van der Waals surface area contributed by atoms with E-state index in [0.717, 1.165) is 32.8 Å². The lowest BCUT2D eigenvalue weighted by Gasteiger charge is -2.26. The van der Waals surface area contributed by atoms with Gasteiger partial charge in [0.1, 0.15) is 0 Å². The first-order chi connectivity index (χ1) is 10.3. The van der Waals surface area contributed by atoms with E-state index in [4.69, 9.17) is 4.74 Å². The molecular formula is C18H32INO. The molecule has 0 aromatic carbocycles. The van der Waals surface area contributed by atoms with Crippen LogP contribution in [0, 0.1) is 0 Å². The van der Waals surface area contributed by atoms with E-state index in [1.54, 1.807) is 5.57 Å². The molecule has 0 saturated carbocycles. The summed E-state index contributed by atoms with van der Waals surface area (Å²) < 4.78 is 6.57. The lowest BCUT2D eigenvalue weighted by Crippen LogP contribution is -2.37. The summed E-state index contributed by atoms with van der Waals surface area (Å²) in [5.41, 5.74) is 3.14. The molecule has 0 aliphatic carbocycles. The van der Waals surface area contributed by atoms with Crippen molar-refractivity contribution >= 4 is 22.6 Å². The Morgan fingerprint density at radius 2 is 1.90 bits per heavy atom. The van der Waals surface area contributed by atoms with Gasteiger partial charge in [-0.1, -0.05) is 65.7 Å². The first-order valence-electron chi connectivity index (χ1n) is 8.45. The SMILES string of the molecule is CCCCC/C=C(/CI)CC/C=C(/C)CN1CCOCC1. The second-order valence-corrected chi connectivity index (χ2v) is 6.73. The van der Waals surface area contributed by atoms with Crippen LogP contribution in [0.15, 0.2) is 23.3 Å². The van der Waals surface area contributed by atoms with Gasteiger partial charge in [0.05, 0.1) is 13.2 Å². The number of allylic oxidation sites excluding steroid dienone is 3. The average Bonchev–Trinajstić information content (AvgIpc) is 2.50. The molecule has 0 amide bonds. The minimum atomic E-state index is 0.896. The van der Waals surface area contributed by atoms with Gasteiger partial charge in [-0.05, 0) is 32.6 Å². The van der Waals surface area contributed by atoms with Crippen LogP contribution in [-0.4, -0.2) is 42.2 Å². The smallest absolute Gasteiger partial charge is 0.0594 e. The second-order valence-electron chi connectivity index (χ2n) is 5.97. The molecule has 1 fully saturated rings. The maximum atomic E-state index is 5.39. The summed E-state index contributed by atoms with van der Waals surface area (Å²) in [5, 5.41) is 0. The molecular weight excluding hydrogens is 373 g/mol. The van der Waals surface area contributed by atoms with E-state index >= 15 is 0 Å². The largest absolute Gasteiger partial charge is 0.379 e. The number of hydrogen-bond acceptors (Lipinski definition) is 2. The molecule has 0 unspecified atom stereocenters. The Kier molecular flexibility index (Phi) is 11.6. The third-order valence-corrected chi connectivity index (χ3v) is 4.93. The van der Waals surface area contributed by atoms with Crippen molar-refractivity contribution in [2.24, 2.45) is 0 Å². The molecule has 0 aromatic heterocycles. The highest BCUT2D eigenvalue weighted by atomic mass is 127. The Balaban J connectivity index is 2.22. The minimum Gasteiger partial charge on any atom is -0.379 e. The van der Waals surface area contributed by atoms with E-state index in [0.29, 0.717) is 0 Å². The summed E-state index contributed by atoms with van der Waals surface area (Å²) in [6.07, 6.45) is 12.6. The fraction of sp³-hybridized carbons (Fsp3) is 0.778. The molecule has 1 aliphatic rings. The van der Waals surface area contributed by atoms with E-state index in [9.17, 15) is 0 Å². The van der Waals surface area contributed by atoms with Gasteiger partial charge >= 0.3 is 0 Å². The quantitative estimate of drug-likeness (QED) is 0.220. The van der Waals surface area contributed by atoms with Gasteiger partial charge in [0.25, 0.3) is 0 Å². The standard InChI is InChI=1S/C18H32INO/c1-3-4-5-6-9-18(15-19)10-7-8-17(2)16-20-11-13-21-14-12-20/h8-9H,3-7,10-16H2,1-2H3/b17-8-,18-9+. The Hall–Kier alpha value is 0.130. The van der Waals surface area contributed by atoms with Crippen molar-refractivity contribution in [1.29, 1.82) is 0 Å². The molecule has 122 valence electrons. The van der Waals surface area contributed by atoms with Crippen LogP contribution in [0.4, 0.5) is 0 Å². The highest BCUT2D eigenvalue weighted by molar-refractivity contribution is 14.1. The van der Waals surface area contributed by atoms with E-state index in [1.165, 1.54) is 48.5 Å². The molecule has 0 spiro atoms. The third kappa shape index (κ3) is 9.69. The molecule has 1 rings (SSSR count). The lowest BCUT2D eigenvalue weighted by molar-refractivity contribution is 0.0422. The van der Waals surface area contributed by atoms with Crippen LogP contribution in [0.2, 0.25) is 0 Å². The van der Waals surface area contributed by atoms with Gasteiger partial charge in [0.15, 0.2) is 0 Å². The number of halogens is 1. The Morgan fingerprint density at radius 3 is 2.57 bits per heavy atom. The lowest BCUT2D eigenvalue weighted by atomic mass is 10.1. The zero-order valence-corrected chi connectivity index (χ0v) is 16.0. The predicted octanol–water partition coefficient (Wildman–Crippen LogP) is 4.99. The van der Waals surface area contributed by atoms with Crippen LogP contribution in [0.1, 0.15) is 52.4 Å². The van der Waals surface area contributed by atoms with Crippen LogP contribution < -0.4 is 0 Å². The predicted molar refractivity (Wildman–Crippen MR) is 101 cm³/mol.